The van der Waals surface area contributed by atoms with Crippen LogP contribution in [0.3, 0.4) is 0 Å². The molecule has 1 rings (SSSR count). The maximum Gasteiger partial charge on any atom is 0.238 e. The summed E-state index contributed by atoms with van der Waals surface area (Å²) in [5.74, 6) is -0.0943. The van der Waals surface area contributed by atoms with Gasteiger partial charge < -0.3 is 10.1 Å². The molecule has 1 aromatic rings. The lowest BCUT2D eigenvalue weighted by atomic mass is 10.1. The summed E-state index contributed by atoms with van der Waals surface area (Å²) in [4.78, 5) is 11.8. The molecule has 0 aliphatic heterocycles. The molecular formula is C16H25N3O2S. The van der Waals surface area contributed by atoms with Gasteiger partial charge in [-0.15, -0.1) is 0 Å². The molecule has 0 radical (unpaired) electrons. The average molecular weight is 323 g/mol. The van der Waals surface area contributed by atoms with E-state index in [0.717, 1.165) is 12.0 Å². The second-order valence-electron chi connectivity index (χ2n) is 5.17. The molecular weight excluding hydrogens is 298 g/mol. The summed E-state index contributed by atoms with van der Waals surface area (Å²) in [6.45, 7) is 4.61. The lowest BCUT2D eigenvalue weighted by Crippen LogP contribution is -2.50. The third-order valence-electron chi connectivity index (χ3n) is 3.18. The number of methoxy groups -OCH3 is 1. The zero-order valence-corrected chi connectivity index (χ0v) is 14.3. The molecule has 122 valence electrons. The highest BCUT2D eigenvalue weighted by Gasteiger charge is 2.05. The Labute approximate surface area is 137 Å². The Morgan fingerprint density at radius 2 is 1.86 bits per heavy atom. The maximum atomic E-state index is 11.8. The largest absolute Gasteiger partial charge is 0.383 e. The van der Waals surface area contributed by atoms with Crippen LogP contribution < -0.4 is 16.2 Å². The van der Waals surface area contributed by atoms with Gasteiger partial charge >= 0.3 is 0 Å². The van der Waals surface area contributed by atoms with E-state index in [1.54, 1.807) is 7.11 Å². The van der Waals surface area contributed by atoms with Crippen LogP contribution in [0.1, 0.15) is 31.4 Å². The Hall–Kier alpha value is -1.66. The molecule has 0 fully saturated rings. The molecule has 0 heterocycles. The summed E-state index contributed by atoms with van der Waals surface area (Å²) in [6, 6.07) is 8.42. The zero-order valence-electron chi connectivity index (χ0n) is 13.4. The fourth-order valence-electron chi connectivity index (χ4n) is 1.94. The minimum absolute atomic E-state index is 0.0824. The number of ether oxygens (including phenoxy) is 1. The minimum Gasteiger partial charge on any atom is -0.383 e. The fourth-order valence-corrected chi connectivity index (χ4v) is 2.19. The average Bonchev–Trinajstić information content (AvgIpc) is 2.51. The topological polar surface area (TPSA) is 62.4 Å². The number of carbonyl (C=O) groups is 1. The van der Waals surface area contributed by atoms with Crippen LogP contribution >= 0.6 is 12.2 Å². The monoisotopic (exact) mass is 323 g/mol. The second-order valence-corrected chi connectivity index (χ2v) is 5.58. The molecule has 0 aromatic heterocycles. The van der Waals surface area contributed by atoms with Gasteiger partial charge in [-0.3, -0.25) is 15.6 Å². The Bertz CT molecular complexity index is 477. The van der Waals surface area contributed by atoms with Crippen LogP contribution in [0.4, 0.5) is 0 Å². The summed E-state index contributed by atoms with van der Waals surface area (Å²) < 4.78 is 5.00. The Balaban J connectivity index is 2.23. The molecule has 1 aromatic carbocycles. The third-order valence-corrected chi connectivity index (χ3v) is 3.40. The first-order valence-corrected chi connectivity index (χ1v) is 7.88. The van der Waals surface area contributed by atoms with E-state index in [1.807, 2.05) is 6.92 Å². The maximum absolute atomic E-state index is 11.8. The summed E-state index contributed by atoms with van der Waals surface area (Å²) in [5.41, 5.74) is 7.74. The number of amides is 1. The van der Waals surface area contributed by atoms with Crippen molar-refractivity contribution in [1.29, 1.82) is 0 Å². The summed E-state index contributed by atoms with van der Waals surface area (Å²) >= 11 is 5.08. The predicted molar refractivity (Wildman–Crippen MR) is 92.5 cm³/mol. The van der Waals surface area contributed by atoms with Crippen LogP contribution in [0.2, 0.25) is 0 Å². The number of aryl methyl sites for hydroxylation is 2. The number of thiocarbonyl (C=S) groups is 1. The van der Waals surface area contributed by atoms with E-state index < -0.39 is 0 Å². The van der Waals surface area contributed by atoms with Crippen molar-refractivity contribution in [3.8, 4) is 0 Å². The van der Waals surface area contributed by atoms with Crippen molar-refractivity contribution in [3.05, 3.63) is 35.4 Å². The van der Waals surface area contributed by atoms with Gasteiger partial charge in [-0.25, -0.2) is 0 Å². The highest BCUT2D eigenvalue weighted by atomic mass is 32.1. The summed E-state index contributed by atoms with van der Waals surface area (Å²) in [7, 11) is 1.63. The molecule has 0 aliphatic rings. The number of rotatable bonds is 7. The fraction of sp³-hybridized carbons (Fsp3) is 0.500. The normalized spacial score (nSPS) is 11.6. The predicted octanol–water partition coefficient (Wildman–Crippen LogP) is 1.71. The molecule has 1 amide bonds. The van der Waals surface area contributed by atoms with Gasteiger partial charge in [0.1, 0.15) is 0 Å². The Morgan fingerprint density at radius 3 is 2.45 bits per heavy atom. The van der Waals surface area contributed by atoms with Crippen LogP contribution in [-0.2, 0) is 22.4 Å². The summed E-state index contributed by atoms with van der Waals surface area (Å²) in [6.07, 6.45) is 2.14. The molecule has 0 bridgehead atoms. The Morgan fingerprint density at radius 1 is 1.23 bits per heavy atom. The second kappa shape index (κ2) is 10.1. The molecule has 1 atom stereocenters. The highest BCUT2D eigenvalue weighted by molar-refractivity contribution is 7.80. The molecule has 5 nitrogen and oxygen atoms in total. The first kappa shape index (κ1) is 18.4. The van der Waals surface area contributed by atoms with E-state index >= 15 is 0 Å². The first-order chi connectivity index (χ1) is 10.5. The van der Waals surface area contributed by atoms with Crippen molar-refractivity contribution >= 4 is 23.2 Å². The number of hydrogen-bond acceptors (Lipinski definition) is 3. The SMILES string of the molecule is CCc1ccc(CCC(=O)NNC(=S)N[C@H](C)COC)cc1. The van der Waals surface area contributed by atoms with Gasteiger partial charge in [-0.1, -0.05) is 31.2 Å². The number of hydrogen-bond donors (Lipinski definition) is 3. The van der Waals surface area contributed by atoms with Gasteiger partial charge in [-0.2, -0.15) is 0 Å². The molecule has 3 N–H and O–H groups in total. The minimum atomic E-state index is -0.0943. The lowest BCUT2D eigenvalue weighted by Gasteiger charge is -2.16. The standard InChI is InChI=1S/C16H25N3O2S/c1-4-13-5-7-14(8-6-13)9-10-15(20)18-19-16(22)17-12(2)11-21-3/h5-8,12H,4,9-11H2,1-3H3,(H,18,20)(H2,17,19,22)/t12-/m1/s1. The van der Waals surface area contributed by atoms with Gasteiger partial charge in [0.25, 0.3) is 0 Å². The molecule has 0 saturated heterocycles. The van der Waals surface area contributed by atoms with Crippen molar-refractivity contribution in [1.82, 2.24) is 16.2 Å². The first-order valence-electron chi connectivity index (χ1n) is 7.47. The van der Waals surface area contributed by atoms with Crippen LogP contribution in [0.15, 0.2) is 24.3 Å². The number of nitrogens with one attached hydrogen (secondary N) is 3. The van der Waals surface area contributed by atoms with E-state index in [9.17, 15) is 4.79 Å². The van der Waals surface area contributed by atoms with Gasteiger partial charge in [0, 0.05) is 19.6 Å². The van der Waals surface area contributed by atoms with Crippen molar-refractivity contribution in [3.63, 3.8) is 0 Å². The van der Waals surface area contributed by atoms with E-state index in [-0.39, 0.29) is 11.9 Å². The van der Waals surface area contributed by atoms with Crippen molar-refractivity contribution in [2.24, 2.45) is 0 Å². The number of hydrazine groups is 1. The van der Waals surface area contributed by atoms with E-state index in [1.165, 1.54) is 5.56 Å². The molecule has 6 heteroatoms. The van der Waals surface area contributed by atoms with E-state index in [0.29, 0.717) is 24.6 Å². The molecule has 0 spiro atoms. The highest BCUT2D eigenvalue weighted by Crippen LogP contribution is 2.07. The van der Waals surface area contributed by atoms with E-state index in [2.05, 4.69) is 47.4 Å². The molecule has 0 aliphatic carbocycles. The van der Waals surface area contributed by atoms with Crippen LogP contribution in [0.25, 0.3) is 0 Å². The van der Waals surface area contributed by atoms with Crippen molar-refractivity contribution in [2.45, 2.75) is 39.2 Å². The van der Waals surface area contributed by atoms with E-state index in [4.69, 9.17) is 17.0 Å². The molecule has 0 saturated carbocycles. The van der Waals surface area contributed by atoms with Gasteiger partial charge in [-0.05, 0) is 43.1 Å². The number of carbonyl (C=O) groups excluding carboxylic acids is 1. The van der Waals surface area contributed by atoms with Crippen LogP contribution in [0.5, 0.6) is 0 Å². The smallest absolute Gasteiger partial charge is 0.238 e. The number of benzene rings is 1. The molecule has 22 heavy (non-hydrogen) atoms. The lowest BCUT2D eigenvalue weighted by molar-refractivity contribution is -0.121. The van der Waals surface area contributed by atoms with Crippen molar-refractivity contribution in [2.75, 3.05) is 13.7 Å². The third kappa shape index (κ3) is 7.38. The quantitative estimate of drug-likeness (QED) is 0.527. The van der Waals surface area contributed by atoms with Crippen LogP contribution in [-0.4, -0.2) is 30.8 Å². The summed E-state index contributed by atoms with van der Waals surface area (Å²) in [5, 5.41) is 3.38. The van der Waals surface area contributed by atoms with Crippen LogP contribution in [0, 0.1) is 0 Å². The van der Waals surface area contributed by atoms with Gasteiger partial charge in [0.05, 0.1) is 6.61 Å². The molecule has 0 unspecified atom stereocenters. The van der Waals surface area contributed by atoms with Gasteiger partial charge in [0.2, 0.25) is 5.91 Å². The van der Waals surface area contributed by atoms with Gasteiger partial charge in [0.15, 0.2) is 5.11 Å². The Kier molecular flexibility index (Phi) is 8.47. The van der Waals surface area contributed by atoms with Crippen molar-refractivity contribution < 1.29 is 9.53 Å². The zero-order chi connectivity index (χ0) is 16.4.